The predicted octanol–water partition coefficient (Wildman–Crippen LogP) is 3.83. The third-order valence-corrected chi connectivity index (χ3v) is 9.90. The fraction of sp³-hybridized carbons (Fsp3) is 0.0385. The molecule has 4 aromatic carbocycles. The topological polar surface area (TPSA) is 110 Å². The second-order valence-corrected chi connectivity index (χ2v) is 12.0. The van der Waals surface area contributed by atoms with Crippen LogP contribution in [0.1, 0.15) is 10.4 Å². The molecule has 0 heterocycles. The molecule has 0 aromatic heterocycles. The van der Waals surface area contributed by atoms with E-state index < -0.39 is 23.1 Å². The number of hydrogen-bond donors (Lipinski definition) is 2. The lowest BCUT2D eigenvalue weighted by Gasteiger charge is -2.23. The number of carboxylic acid groups (broad SMARTS) is 1. The molecule has 178 valence electrons. The predicted molar refractivity (Wildman–Crippen MR) is 137 cm³/mol. The Hall–Kier alpha value is -3.87. The van der Waals surface area contributed by atoms with Gasteiger partial charge in [0, 0.05) is 16.3 Å². The van der Waals surface area contributed by atoms with E-state index in [1.807, 2.05) is 12.1 Å². The number of hydrogen-bond acceptors (Lipinski definition) is 5. The van der Waals surface area contributed by atoms with E-state index in [0.717, 1.165) is 0 Å². The van der Waals surface area contributed by atoms with E-state index in [1.165, 1.54) is 43.5 Å². The quantitative estimate of drug-likeness (QED) is 0.351. The minimum absolute atomic E-state index is 0.0256. The van der Waals surface area contributed by atoms with Gasteiger partial charge in [-0.3, -0.25) is 4.72 Å². The number of rotatable bonds is 8. The molecule has 0 aliphatic heterocycles. The molecule has 0 atom stereocenters. The first-order chi connectivity index (χ1) is 16.8. The first-order valence-corrected chi connectivity index (χ1v) is 13.7. The monoisotopic (exact) mass is 507 g/mol. The van der Waals surface area contributed by atoms with Crippen LogP contribution >= 0.6 is 7.14 Å². The molecule has 2 N–H and O–H groups in total. The lowest BCUT2D eigenvalue weighted by Crippen LogP contribution is -2.26. The molecule has 0 saturated carbocycles. The lowest BCUT2D eigenvalue weighted by molar-refractivity contribution is 0.0696. The first kappa shape index (κ1) is 24.3. The molecular weight excluding hydrogens is 485 g/mol. The van der Waals surface area contributed by atoms with Gasteiger partial charge in [0.1, 0.15) is 5.75 Å². The summed E-state index contributed by atoms with van der Waals surface area (Å²) in [7, 11) is -6.01. The maximum absolute atomic E-state index is 14.8. The minimum atomic E-state index is -4.04. The number of carbonyl (C=O) groups is 1. The van der Waals surface area contributed by atoms with Gasteiger partial charge in [-0.1, -0.05) is 60.7 Å². The Kier molecular flexibility index (Phi) is 6.78. The Morgan fingerprint density at radius 2 is 1.37 bits per heavy atom. The summed E-state index contributed by atoms with van der Waals surface area (Å²) in [4.78, 5) is 11.0. The van der Waals surface area contributed by atoms with Gasteiger partial charge in [-0.2, -0.15) is 0 Å². The average molecular weight is 508 g/mol. The molecule has 4 rings (SSSR count). The molecule has 0 unspecified atom stereocenters. The molecule has 0 spiro atoms. The summed E-state index contributed by atoms with van der Waals surface area (Å²) >= 11 is 0. The first-order valence-electron chi connectivity index (χ1n) is 10.5. The average Bonchev–Trinajstić information content (AvgIpc) is 2.89. The van der Waals surface area contributed by atoms with Crippen molar-refractivity contribution in [3.8, 4) is 5.75 Å². The van der Waals surface area contributed by atoms with Gasteiger partial charge in [0.15, 0.2) is 7.14 Å². The zero-order chi connectivity index (χ0) is 25.1. The van der Waals surface area contributed by atoms with Gasteiger partial charge in [0.05, 0.1) is 22.9 Å². The van der Waals surface area contributed by atoms with Crippen LogP contribution < -0.4 is 25.4 Å². The molecule has 0 bridgehead atoms. The second-order valence-electron chi connectivity index (χ2n) is 7.60. The van der Waals surface area contributed by atoms with Gasteiger partial charge in [0.25, 0.3) is 10.0 Å². The standard InChI is InChI=1S/C26H22NO6PS/c1-33-24-17-14-20(27-35(31,32)23-15-12-19(13-16-23)26(28)29)18-25(24)34(30,21-8-4-2-5-9-21)22-10-6-3-7-11-22/h2-18,27H,1H3,(H,28,29). The zero-order valence-corrected chi connectivity index (χ0v) is 20.4. The van der Waals surface area contributed by atoms with Crippen molar-refractivity contribution in [3.63, 3.8) is 0 Å². The molecule has 35 heavy (non-hydrogen) atoms. The maximum atomic E-state index is 14.8. The maximum Gasteiger partial charge on any atom is 0.335 e. The summed E-state index contributed by atoms with van der Waals surface area (Å²) in [6.07, 6.45) is 0. The Labute approximate surface area is 203 Å². The summed E-state index contributed by atoms with van der Waals surface area (Å²) in [6, 6.07) is 27.4. The number of nitrogens with one attached hydrogen (secondary N) is 1. The van der Waals surface area contributed by atoms with E-state index in [4.69, 9.17) is 9.84 Å². The van der Waals surface area contributed by atoms with Gasteiger partial charge >= 0.3 is 5.97 Å². The van der Waals surface area contributed by atoms with E-state index >= 15 is 0 Å². The van der Waals surface area contributed by atoms with Crippen LogP contribution in [0, 0.1) is 0 Å². The van der Waals surface area contributed by atoms with Crippen LogP contribution in [0.5, 0.6) is 5.75 Å². The third kappa shape index (κ3) is 4.85. The van der Waals surface area contributed by atoms with Crippen molar-refractivity contribution in [1.29, 1.82) is 0 Å². The second kappa shape index (κ2) is 9.78. The summed E-state index contributed by atoms with van der Waals surface area (Å²) < 4.78 is 48.8. The number of ether oxygens (including phenoxy) is 1. The van der Waals surface area contributed by atoms with Crippen molar-refractivity contribution in [3.05, 3.63) is 109 Å². The number of benzene rings is 4. The van der Waals surface area contributed by atoms with Crippen LogP contribution in [0.15, 0.2) is 108 Å². The van der Waals surface area contributed by atoms with Crippen LogP contribution in [0.3, 0.4) is 0 Å². The summed E-state index contributed by atoms with van der Waals surface area (Å²) in [5.74, 6) is -0.797. The number of anilines is 1. The smallest absolute Gasteiger partial charge is 0.335 e. The molecular formula is C26H22NO6PS. The normalized spacial score (nSPS) is 11.6. The summed E-state index contributed by atoms with van der Waals surface area (Å²) in [5.41, 5.74) is 0.164. The third-order valence-electron chi connectivity index (χ3n) is 5.42. The van der Waals surface area contributed by atoms with Crippen molar-refractivity contribution in [2.24, 2.45) is 0 Å². The molecule has 4 aromatic rings. The van der Waals surface area contributed by atoms with E-state index in [0.29, 0.717) is 21.7 Å². The lowest BCUT2D eigenvalue weighted by atomic mass is 10.2. The Balaban J connectivity index is 1.82. The van der Waals surface area contributed by atoms with Crippen LogP contribution in [-0.4, -0.2) is 26.6 Å². The van der Waals surface area contributed by atoms with Crippen LogP contribution in [0.2, 0.25) is 0 Å². The van der Waals surface area contributed by atoms with Gasteiger partial charge in [-0.25, -0.2) is 13.2 Å². The van der Waals surface area contributed by atoms with Crippen molar-refractivity contribution in [2.75, 3.05) is 11.8 Å². The molecule has 0 aliphatic rings. The largest absolute Gasteiger partial charge is 0.496 e. The molecule has 0 aliphatic carbocycles. The van der Waals surface area contributed by atoms with Crippen molar-refractivity contribution in [1.82, 2.24) is 0 Å². The minimum Gasteiger partial charge on any atom is -0.496 e. The number of aromatic carboxylic acids is 1. The van der Waals surface area contributed by atoms with E-state index in [1.54, 1.807) is 54.6 Å². The number of carboxylic acids is 1. The summed E-state index contributed by atoms with van der Waals surface area (Å²) in [5, 5.41) is 10.6. The fourth-order valence-corrected chi connectivity index (χ4v) is 7.58. The highest BCUT2D eigenvalue weighted by atomic mass is 32.2. The summed E-state index contributed by atoms with van der Waals surface area (Å²) in [6.45, 7) is 0. The van der Waals surface area contributed by atoms with E-state index in [2.05, 4.69) is 4.72 Å². The van der Waals surface area contributed by atoms with Gasteiger partial charge in [-0.15, -0.1) is 0 Å². The molecule has 9 heteroatoms. The van der Waals surface area contributed by atoms with E-state index in [-0.39, 0.29) is 16.1 Å². The fourth-order valence-electron chi connectivity index (χ4n) is 3.69. The van der Waals surface area contributed by atoms with Gasteiger partial charge < -0.3 is 14.4 Å². The molecule has 0 radical (unpaired) electrons. The number of sulfonamides is 1. The Morgan fingerprint density at radius 3 is 1.86 bits per heavy atom. The van der Waals surface area contributed by atoms with Crippen LogP contribution in [0.25, 0.3) is 0 Å². The molecule has 7 nitrogen and oxygen atoms in total. The van der Waals surface area contributed by atoms with Crippen molar-refractivity contribution in [2.45, 2.75) is 4.90 Å². The Morgan fingerprint density at radius 1 is 0.829 bits per heavy atom. The highest BCUT2D eigenvalue weighted by Gasteiger charge is 2.33. The zero-order valence-electron chi connectivity index (χ0n) is 18.7. The molecule has 0 saturated heterocycles. The van der Waals surface area contributed by atoms with Gasteiger partial charge in [0.2, 0.25) is 0 Å². The van der Waals surface area contributed by atoms with Crippen molar-refractivity contribution >= 4 is 44.7 Å². The van der Waals surface area contributed by atoms with E-state index in [9.17, 15) is 17.8 Å². The van der Waals surface area contributed by atoms with Crippen LogP contribution in [0.4, 0.5) is 5.69 Å². The number of methoxy groups -OCH3 is 1. The molecule has 0 amide bonds. The highest BCUT2D eigenvalue weighted by Crippen LogP contribution is 2.45. The van der Waals surface area contributed by atoms with Crippen LogP contribution in [-0.2, 0) is 14.6 Å². The van der Waals surface area contributed by atoms with Crippen molar-refractivity contribution < 1.29 is 27.6 Å². The SMILES string of the molecule is COc1ccc(NS(=O)(=O)c2ccc(C(=O)O)cc2)cc1P(=O)(c1ccccc1)c1ccccc1. The Bertz CT molecular complexity index is 1460. The molecule has 0 fully saturated rings. The van der Waals surface area contributed by atoms with Gasteiger partial charge in [-0.05, 0) is 42.5 Å². The highest BCUT2D eigenvalue weighted by molar-refractivity contribution is 7.92.